The Balaban J connectivity index is 1.53. The third-order valence-corrected chi connectivity index (χ3v) is 6.01. The lowest BCUT2D eigenvalue weighted by Gasteiger charge is -2.30. The molecule has 1 aliphatic carbocycles. The third kappa shape index (κ3) is 4.57. The average Bonchev–Trinajstić information content (AvgIpc) is 3.16. The minimum atomic E-state index is 0.100. The second-order valence-electron chi connectivity index (χ2n) is 6.59. The van der Waals surface area contributed by atoms with E-state index < -0.39 is 0 Å². The van der Waals surface area contributed by atoms with Gasteiger partial charge in [0.1, 0.15) is 5.75 Å². The quantitative estimate of drug-likeness (QED) is 0.748. The summed E-state index contributed by atoms with van der Waals surface area (Å²) in [7, 11) is 1.65. The van der Waals surface area contributed by atoms with Crippen LogP contribution in [0.5, 0.6) is 5.75 Å². The second-order valence-corrected chi connectivity index (χ2v) is 7.64. The lowest BCUT2D eigenvalue weighted by atomic mass is 9.79. The van der Waals surface area contributed by atoms with Crippen molar-refractivity contribution in [1.82, 2.24) is 5.32 Å². The summed E-state index contributed by atoms with van der Waals surface area (Å²) in [5, 5.41) is 3.17. The summed E-state index contributed by atoms with van der Waals surface area (Å²) < 4.78 is 5.15. The third-order valence-electron chi connectivity index (χ3n) is 5.00. The maximum atomic E-state index is 12.3. The van der Waals surface area contributed by atoms with Crippen molar-refractivity contribution in [2.45, 2.75) is 36.0 Å². The van der Waals surface area contributed by atoms with Gasteiger partial charge in [0, 0.05) is 16.9 Å². The SMILES string of the molecule is COc1ccc(SCC(=O)NCC2(c3ccccc3)CCCC2)cc1. The van der Waals surface area contributed by atoms with Crippen LogP contribution in [0, 0.1) is 0 Å². The Bertz CT molecular complexity index is 679. The molecule has 0 aromatic heterocycles. The van der Waals surface area contributed by atoms with E-state index in [4.69, 9.17) is 4.74 Å². The molecule has 1 fully saturated rings. The van der Waals surface area contributed by atoms with Gasteiger partial charge in [0.15, 0.2) is 0 Å². The summed E-state index contributed by atoms with van der Waals surface area (Å²) in [5.41, 5.74) is 1.47. The first-order valence-electron chi connectivity index (χ1n) is 8.81. The molecule has 0 spiro atoms. The Morgan fingerprint density at radius 1 is 1.08 bits per heavy atom. The van der Waals surface area contributed by atoms with Gasteiger partial charge < -0.3 is 10.1 Å². The standard InChI is InChI=1S/C21H25NO2S/c1-24-18-9-11-19(12-10-18)25-15-20(23)22-16-21(13-5-6-14-21)17-7-3-2-4-8-17/h2-4,7-12H,5-6,13-16H2,1H3,(H,22,23). The molecule has 132 valence electrons. The summed E-state index contributed by atoms with van der Waals surface area (Å²) in [4.78, 5) is 13.4. The van der Waals surface area contributed by atoms with Crippen molar-refractivity contribution in [3.8, 4) is 5.75 Å². The Morgan fingerprint density at radius 3 is 2.40 bits per heavy atom. The van der Waals surface area contributed by atoms with Gasteiger partial charge in [0.05, 0.1) is 12.9 Å². The van der Waals surface area contributed by atoms with Gasteiger partial charge in [0.25, 0.3) is 0 Å². The van der Waals surface area contributed by atoms with E-state index in [9.17, 15) is 4.79 Å². The van der Waals surface area contributed by atoms with Crippen molar-refractivity contribution < 1.29 is 9.53 Å². The van der Waals surface area contributed by atoms with Gasteiger partial charge in [-0.15, -0.1) is 11.8 Å². The minimum Gasteiger partial charge on any atom is -0.497 e. The highest BCUT2D eigenvalue weighted by Gasteiger charge is 2.35. The molecule has 3 nitrogen and oxygen atoms in total. The van der Waals surface area contributed by atoms with Crippen molar-refractivity contribution in [1.29, 1.82) is 0 Å². The highest BCUT2D eigenvalue weighted by atomic mass is 32.2. The molecule has 2 aromatic rings. The lowest BCUT2D eigenvalue weighted by molar-refractivity contribution is -0.118. The number of hydrogen-bond acceptors (Lipinski definition) is 3. The fourth-order valence-corrected chi connectivity index (χ4v) is 4.28. The second kappa shape index (κ2) is 8.43. The molecule has 1 amide bonds. The average molecular weight is 356 g/mol. The smallest absolute Gasteiger partial charge is 0.230 e. The van der Waals surface area contributed by atoms with Gasteiger partial charge in [-0.05, 0) is 42.7 Å². The number of amides is 1. The van der Waals surface area contributed by atoms with Gasteiger partial charge in [-0.25, -0.2) is 0 Å². The first-order chi connectivity index (χ1) is 12.2. The van der Waals surface area contributed by atoms with E-state index in [0.29, 0.717) is 5.75 Å². The zero-order chi connectivity index (χ0) is 17.5. The van der Waals surface area contributed by atoms with Crippen molar-refractivity contribution in [2.24, 2.45) is 0 Å². The van der Waals surface area contributed by atoms with Crippen LogP contribution in [0.1, 0.15) is 31.2 Å². The lowest BCUT2D eigenvalue weighted by Crippen LogP contribution is -2.39. The normalized spacial score (nSPS) is 15.7. The van der Waals surface area contributed by atoms with E-state index in [1.165, 1.54) is 18.4 Å². The number of benzene rings is 2. The van der Waals surface area contributed by atoms with E-state index >= 15 is 0 Å². The molecule has 1 saturated carbocycles. The number of carbonyl (C=O) groups excluding carboxylic acids is 1. The predicted octanol–water partition coefficient (Wildman–Crippen LogP) is 4.42. The molecule has 0 aliphatic heterocycles. The van der Waals surface area contributed by atoms with Gasteiger partial charge in [-0.2, -0.15) is 0 Å². The number of carbonyl (C=O) groups is 1. The highest BCUT2D eigenvalue weighted by Crippen LogP contribution is 2.40. The number of thioether (sulfide) groups is 1. The number of hydrogen-bond donors (Lipinski definition) is 1. The van der Waals surface area contributed by atoms with Crippen LogP contribution in [0.2, 0.25) is 0 Å². The summed E-state index contributed by atoms with van der Waals surface area (Å²) in [6.07, 6.45) is 4.79. The van der Waals surface area contributed by atoms with Gasteiger partial charge in [-0.3, -0.25) is 4.79 Å². The topological polar surface area (TPSA) is 38.3 Å². The molecular formula is C21H25NO2S. The van der Waals surface area contributed by atoms with Crippen LogP contribution in [-0.4, -0.2) is 25.3 Å². The molecule has 3 rings (SSSR count). The van der Waals surface area contributed by atoms with E-state index in [-0.39, 0.29) is 11.3 Å². The van der Waals surface area contributed by atoms with E-state index in [1.54, 1.807) is 18.9 Å². The van der Waals surface area contributed by atoms with Gasteiger partial charge in [-0.1, -0.05) is 43.2 Å². The van der Waals surface area contributed by atoms with Crippen LogP contribution in [0.15, 0.2) is 59.5 Å². The molecule has 0 heterocycles. The number of methoxy groups -OCH3 is 1. The maximum absolute atomic E-state index is 12.3. The van der Waals surface area contributed by atoms with Crippen LogP contribution >= 0.6 is 11.8 Å². The monoisotopic (exact) mass is 355 g/mol. The van der Waals surface area contributed by atoms with E-state index in [1.807, 2.05) is 24.3 Å². The van der Waals surface area contributed by atoms with E-state index in [2.05, 4.69) is 35.6 Å². The fraction of sp³-hybridized carbons (Fsp3) is 0.381. The van der Waals surface area contributed by atoms with Gasteiger partial charge >= 0.3 is 0 Å². The van der Waals surface area contributed by atoms with Crippen molar-refractivity contribution in [2.75, 3.05) is 19.4 Å². The molecule has 0 bridgehead atoms. The molecular weight excluding hydrogens is 330 g/mol. The Hall–Kier alpha value is -1.94. The zero-order valence-electron chi connectivity index (χ0n) is 14.7. The Kier molecular flexibility index (Phi) is 6.03. The van der Waals surface area contributed by atoms with Gasteiger partial charge in [0.2, 0.25) is 5.91 Å². The van der Waals surface area contributed by atoms with E-state index in [0.717, 1.165) is 30.0 Å². The molecule has 1 N–H and O–H groups in total. The molecule has 0 saturated heterocycles. The summed E-state index contributed by atoms with van der Waals surface area (Å²) in [6.45, 7) is 0.735. The molecule has 4 heteroatoms. The number of rotatable bonds is 7. The predicted molar refractivity (Wildman–Crippen MR) is 103 cm³/mol. The zero-order valence-corrected chi connectivity index (χ0v) is 15.5. The highest BCUT2D eigenvalue weighted by molar-refractivity contribution is 8.00. The van der Waals surface area contributed by atoms with Crippen molar-refractivity contribution in [3.05, 3.63) is 60.2 Å². The minimum absolute atomic E-state index is 0.100. The molecule has 0 radical (unpaired) electrons. The van der Waals surface area contributed by atoms with Crippen LogP contribution < -0.4 is 10.1 Å². The molecule has 25 heavy (non-hydrogen) atoms. The van der Waals surface area contributed by atoms with Crippen LogP contribution in [0.25, 0.3) is 0 Å². The largest absolute Gasteiger partial charge is 0.497 e. The Morgan fingerprint density at radius 2 is 1.76 bits per heavy atom. The summed E-state index contributed by atoms with van der Waals surface area (Å²) in [5.74, 6) is 1.37. The molecule has 0 unspecified atom stereocenters. The maximum Gasteiger partial charge on any atom is 0.230 e. The van der Waals surface area contributed by atoms with Crippen LogP contribution in [0.4, 0.5) is 0 Å². The molecule has 0 atom stereocenters. The van der Waals surface area contributed by atoms with Crippen LogP contribution in [-0.2, 0) is 10.2 Å². The Labute approximate surface area is 154 Å². The summed E-state index contributed by atoms with van der Waals surface area (Å²) >= 11 is 1.56. The molecule has 1 aliphatic rings. The first kappa shape index (κ1) is 17.9. The van der Waals surface area contributed by atoms with Crippen molar-refractivity contribution in [3.63, 3.8) is 0 Å². The van der Waals surface area contributed by atoms with Crippen molar-refractivity contribution >= 4 is 17.7 Å². The fourth-order valence-electron chi connectivity index (χ4n) is 3.55. The summed E-state index contributed by atoms with van der Waals surface area (Å²) in [6, 6.07) is 18.4. The number of nitrogens with one attached hydrogen (secondary N) is 1. The van der Waals surface area contributed by atoms with Crippen LogP contribution in [0.3, 0.4) is 0 Å². The number of ether oxygens (including phenoxy) is 1. The first-order valence-corrected chi connectivity index (χ1v) is 9.79. The molecule has 2 aromatic carbocycles.